The highest BCUT2D eigenvalue weighted by atomic mass is 16.2. The van der Waals surface area contributed by atoms with Crippen LogP contribution in [0.5, 0.6) is 0 Å². The van der Waals surface area contributed by atoms with Crippen molar-refractivity contribution in [2.75, 3.05) is 26.2 Å². The number of carbonyl (C=O) groups is 1. The molecule has 2 fully saturated rings. The van der Waals surface area contributed by atoms with Crippen molar-refractivity contribution in [2.45, 2.75) is 44.7 Å². The lowest BCUT2D eigenvalue weighted by molar-refractivity contribution is -0.133. The lowest BCUT2D eigenvalue weighted by Gasteiger charge is -2.40. The number of rotatable bonds is 3. The molecule has 0 spiro atoms. The summed E-state index contributed by atoms with van der Waals surface area (Å²) in [5.41, 5.74) is 1.31. The fraction of sp³-hybridized carbons (Fsp3) is 0.522. The first-order chi connectivity index (χ1) is 14.6. The highest BCUT2D eigenvalue weighted by Crippen LogP contribution is 2.27. The van der Waals surface area contributed by atoms with Crippen LogP contribution in [0.1, 0.15) is 32.1 Å². The summed E-state index contributed by atoms with van der Waals surface area (Å²) >= 11 is 0. The van der Waals surface area contributed by atoms with E-state index in [1.54, 1.807) is 13.2 Å². The Morgan fingerprint density at radius 3 is 2.53 bits per heavy atom. The zero-order valence-electron chi connectivity index (χ0n) is 17.6. The molecule has 3 aromatic rings. The van der Waals surface area contributed by atoms with E-state index in [1.165, 1.54) is 37.0 Å². The molecule has 0 unspecified atom stereocenters. The van der Waals surface area contributed by atoms with E-state index in [0.717, 1.165) is 42.2 Å². The third kappa shape index (κ3) is 3.31. The van der Waals surface area contributed by atoms with Gasteiger partial charge in [-0.2, -0.15) is 5.10 Å². The molecule has 0 radical (unpaired) electrons. The van der Waals surface area contributed by atoms with Crippen LogP contribution >= 0.6 is 0 Å². The maximum Gasteiger partial charge on any atom is 0.291 e. The Morgan fingerprint density at radius 1 is 1.03 bits per heavy atom. The van der Waals surface area contributed by atoms with E-state index in [-0.39, 0.29) is 18.0 Å². The smallest absolute Gasteiger partial charge is 0.291 e. The number of hydrogen-bond acceptors (Lipinski definition) is 4. The van der Waals surface area contributed by atoms with Gasteiger partial charge in [0.15, 0.2) is 0 Å². The van der Waals surface area contributed by atoms with Gasteiger partial charge in [-0.1, -0.05) is 24.6 Å². The Hall–Kier alpha value is -2.67. The molecule has 0 N–H and O–H groups in total. The topological polar surface area (TPSA) is 63.4 Å². The van der Waals surface area contributed by atoms with E-state index in [2.05, 4.69) is 10.00 Å². The van der Waals surface area contributed by atoms with E-state index in [9.17, 15) is 9.59 Å². The van der Waals surface area contributed by atoms with Crippen LogP contribution in [-0.2, 0) is 18.4 Å². The van der Waals surface area contributed by atoms with Crippen LogP contribution in [0.25, 0.3) is 21.8 Å². The number of carbonyl (C=O) groups excluding carboxylic acids is 1. The van der Waals surface area contributed by atoms with Gasteiger partial charge in [0.2, 0.25) is 5.91 Å². The van der Waals surface area contributed by atoms with Gasteiger partial charge < -0.3 is 14.4 Å². The Balaban J connectivity index is 1.38. The van der Waals surface area contributed by atoms with Crippen molar-refractivity contribution in [3.05, 3.63) is 40.8 Å². The Kier molecular flexibility index (Phi) is 5.06. The fourth-order valence-corrected chi connectivity index (χ4v) is 5.20. The number of aryl methyl sites for hydroxylation is 1. The molecule has 7 heteroatoms. The van der Waals surface area contributed by atoms with Crippen LogP contribution in [-0.4, -0.2) is 62.3 Å². The number of para-hydroxylation sites is 1. The SMILES string of the molecule is Cn1ncc2c3ccccc3n(CC(=O)N3CCC(N4CCCCC4)CC3)c2c1=O. The third-order valence-electron chi connectivity index (χ3n) is 6.88. The van der Waals surface area contributed by atoms with Crippen molar-refractivity contribution in [2.24, 2.45) is 7.05 Å². The van der Waals surface area contributed by atoms with Gasteiger partial charge in [0, 0.05) is 42.5 Å². The molecule has 2 aliphatic heterocycles. The minimum absolute atomic E-state index is 0.0913. The van der Waals surface area contributed by atoms with Crippen LogP contribution in [0.4, 0.5) is 0 Å². The zero-order valence-corrected chi connectivity index (χ0v) is 17.6. The maximum atomic E-state index is 13.2. The Bertz CT molecular complexity index is 1130. The zero-order chi connectivity index (χ0) is 20.7. The summed E-state index contributed by atoms with van der Waals surface area (Å²) in [6, 6.07) is 8.48. The summed E-state index contributed by atoms with van der Waals surface area (Å²) in [7, 11) is 1.65. The number of piperidine rings is 2. The highest BCUT2D eigenvalue weighted by Gasteiger charge is 2.28. The molecule has 5 rings (SSSR count). The second-order valence-corrected chi connectivity index (χ2v) is 8.65. The van der Waals surface area contributed by atoms with Crippen LogP contribution < -0.4 is 5.56 Å². The first kappa shape index (κ1) is 19.3. The number of aromatic nitrogens is 3. The second-order valence-electron chi connectivity index (χ2n) is 8.65. The third-order valence-corrected chi connectivity index (χ3v) is 6.88. The first-order valence-corrected chi connectivity index (χ1v) is 11.1. The molecular weight excluding hydrogens is 378 g/mol. The summed E-state index contributed by atoms with van der Waals surface area (Å²) in [6.45, 7) is 4.21. The van der Waals surface area contributed by atoms with Crippen LogP contribution in [0.2, 0.25) is 0 Å². The Labute approximate surface area is 175 Å². The molecule has 2 aliphatic rings. The van der Waals surface area contributed by atoms with Crippen molar-refractivity contribution in [3.8, 4) is 0 Å². The molecule has 1 amide bonds. The molecule has 2 aromatic heterocycles. The number of likely N-dealkylation sites (tertiary alicyclic amines) is 2. The molecule has 7 nitrogen and oxygen atoms in total. The molecule has 2 saturated heterocycles. The predicted octanol–water partition coefficient (Wildman–Crippen LogP) is 2.37. The van der Waals surface area contributed by atoms with Gasteiger partial charge in [-0.25, -0.2) is 4.68 Å². The molecule has 0 atom stereocenters. The van der Waals surface area contributed by atoms with E-state index >= 15 is 0 Å². The van der Waals surface area contributed by atoms with Gasteiger partial charge >= 0.3 is 0 Å². The minimum Gasteiger partial charge on any atom is -0.341 e. The maximum absolute atomic E-state index is 13.2. The van der Waals surface area contributed by atoms with Crippen LogP contribution in [0, 0.1) is 0 Å². The van der Waals surface area contributed by atoms with Gasteiger partial charge in [-0.3, -0.25) is 9.59 Å². The molecule has 0 bridgehead atoms. The average molecular weight is 408 g/mol. The predicted molar refractivity (Wildman–Crippen MR) is 118 cm³/mol. The Morgan fingerprint density at radius 2 is 1.77 bits per heavy atom. The average Bonchev–Trinajstić information content (AvgIpc) is 3.11. The van der Waals surface area contributed by atoms with Crippen molar-refractivity contribution < 1.29 is 4.79 Å². The first-order valence-electron chi connectivity index (χ1n) is 11.1. The molecule has 30 heavy (non-hydrogen) atoms. The van der Waals surface area contributed by atoms with Gasteiger partial charge in [0.1, 0.15) is 12.1 Å². The van der Waals surface area contributed by atoms with Crippen LogP contribution in [0.15, 0.2) is 35.3 Å². The molecule has 158 valence electrons. The van der Waals surface area contributed by atoms with E-state index in [1.807, 2.05) is 33.7 Å². The van der Waals surface area contributed by atoms with Crippen molar-refractivity contribution >= 4 is 27.7 Å². The summed E-state index contributed by atoms with van der Waals surface area (Å²) in [5, 5.41) is 5.96. The van der Waals surface area contributed by atoms with E-state index in [0.29, 0.717) is 11.6 Å². The fourth-order valence-electron chi connectivity index (χ4n) is 5.20. The number of nitrogens with zero attached hydrogens (tertiary/aromatic N) is 5. The van der Waals surface area contributed by atoms with Crippen molar-refractivity contribution in [1.82, 2.24) is 24.1 Å². The summed E-state index contributed by atoms with van der Waals surface area (Å²) in [4.78, 5) is 30.6. The van der Waals surface area contributed by atoms with Gasteiger partial charge in [-0.05, 0) is 44.8 Å². The normalized spacial score (nSPS) is 19.0. The lowest BCUT2D eigenvalue weighted by Crippen LogP contribution is -2.48. The quantitative estimate of drug-likeness (QED) is 0.669. The number of amides is 1. The largest absolute Gasteiger partial charge is 0.341 e. The van der Waals surface area contributed by atoms with Crippen molar-refractivity contribution in [3.63, 3.8) is 0 Å². The summed E-state index contributed by atoms with van der Waals surface area (Å²) in [5.74, 6) is 0.0913. The monoisotopic (exact) mass is 407 g/mol. The molecule has 4 heterocycles. The highest BCUT2D eigenvalue weighted by molar-refractivity contribution is 6.07. The summed E-state index contributed by atoms with van der Waals surface area (Å²) < 4.78 is 3.22. The molecular formula is C23H29N5O2. The summed E-state index contributed by atoms with van der Waals surface area (Å²) in [6.07, 6.45) is 7.77. The molecule has 0 aliphatic carbocycles. The van der Waals surface area contributed by atoms with Gasteiger partial charge in [-0.15, -0.1) is 0 Å². The minimum atomic E-state index is -0.166. The standard InChI is InChI=1S/C23H29N5O2/c1-25-23(30)22-19(15-24-25)18-7-3-4-8-20(18)28(22)16-21(29)27-13-9-17(10-14-27)26-11-5-2-6-12-26/h3-4,7-8,15,17H,2,5-6,9-14,16H2,1H3. The molecule has 0 saturated carbocycles. The second kappa shape index (κ2) is 7.87. The van der Waals surface area contributed by atoms with Crippen LogP contribution in [0.3, 0.4) is 0 Å². The molecule has 1 aromatic carbocycles. The number of hydrogen-bond donors (Lipinski definition) is 0. The van der Waals surface area contributed by atoms with Gasteiger partial charge in [0.25, 0.3) is 5.56 Å². The van der Waals surface area contributed by atoms with Crippen molar-refractivity contribution in [1.29, 1.82) is 0 Å². The van der Waals surface area contributed by atoms with E-state index in [4.69, 9.17) is 0 Å². The van der Waals surface area contributed by atoms with Gasteiger partial charge in [0.05, 0.1) is 6.20 Å². The number of benzene rings is 1. The lowest BCUT2D eigenvalue weighted by atomic mass is 10.00. The number of fused-ring (bicyclic) bond motifs is 3. The van der Waals surface area contributed by atoms with E-state index < -0.39 is 0 Å².